The number of nitriles is 1. The summed E-state index contributed by atoms with van der Waals surface area (Å²) in [5.74, 6) is 0. The number of thiophene rings is 1. The highest BCUT2D eigenvalue weighted by molar-refractivity contribution is 7.20. The van der Waals surface area contributed by atoms with E-state index in [2.05, 4.69) is 6.07 Å². The SMILES string of the molecule is N#Cc1cc(N)ccc1-c1cc(Cl)sc1Cl. The molecule has 0 radical (unpaired) electrons. The van der Waals surface area contributed by atoms with Crippen molar-refractivity contribution in [1.29, 1.82) is 5.26 Å². The minimum absolute atomic E-state index is 0.497. The first-order valence-corrected chi connectivity index (χ1v) is 5.94. The Morgan fingerprint density at radius 2 is 1.94 bits per heavy atom. The molecule has 5 heteroatoms. The van der Waals surface area contributed by atoms with Crippen molar-refractivity contribution in [3.8, 4) is 17.2 Å². The van der Waals surface area contributed by atoms with Crippen LogP contribution in [0.5, 0.6) is 0 Å². The van der Waals surface area contributed by atoms with Gasteiger partial charge in [0.2, 0.25) is 0 Å². The number of nitrogens with two attached hydrogens (primary N) is 1. The Morgan fingerprint density at radius 3 is 2.50 bits per heavy atom. The van der Waals surface area contributed by atoms with Crippen LogP contribution in [0.15, 0.2) is 24.3 Å². The average Bonchev–Trinajstić information content (AvgIpc) is 2.57. The van der Waals surface area contributed by atoms with E-state index in [0.717, 1.165) is 11.1 Å². The van der Waals surface area contributed by atoms with Gasteiger partial charge in [-0.2, -0.15) is 5.26 Å². The highest BCUT2D eigenvalue weighted by Crippen LogP contribution is 2.39. The van der Waals surface area contributed by atoms with Gasteiger partial charge in [0.05, 0.1) is 16.0 Å². The molecular formula is C11H6Cl2N2S. The van der Waals surface area contributed by atoms with Crippen LogP contribution >= 0.6 is 34.5 Å². The lowest BCUT2D eigenvalue weighted by molar-refractivity contribution is 1.48. The van der Waals surface area contributed by atoms with Crippen LogP contribution in [0.2, 0.25) is 8.67 Å². The number of anilines is 1. The summed E-state index contributed by atoms with van der Waals surface area (Å²) in [6, 6.07) is 8.98. The molecule has 0 amide bonds. The molecule has 2 nitrogen and oxygen atoms in total. The van der Waals surface area contributed by atoms with E-state index in [9.17, 15) is 0 Å². The lowest BCUT2D eigenvalue weighted by Crippen LogP contribution is -1.88. The van der Waals surface area contributed by atoms with Gasteiger partial charge in [-0.15, -0.1) is 11.3 Å². The molecule has 0 atom stereocenters. The van der Waals surface area contributed by atoms with Gasteiger partial charge in [-0.25, -0.2) is 0 Å². The zero-order chi connectivity index (χ0) is 11.7. The van der Waals surface area contributed by atoms with Gasteiger partial charge in [0.1, 0.15) is 4.34 Å². The van der Waals surface area contributed by atoms with Crippen LogP contribution in [0.1, 0.15) is 5.56 Å². The summed E-state index contributed by atoms with van der Waals surface area (Å²) in [6.07, 6.45) is 0. The summed E-state index contributed by atoms with van der Waals surface area (Å²) in [4.78, 5) is 0. The molecule has 0 saturated carbocycles. The Bertz CT molecular complexity index is 584. The Labute approximate surface area is 107 Å². The van der Waals surface area contributed by atoms with Gasteiger partial charge >= 0.3 is 0 Å². The Hall–Kier alpha value is -1.21. The first-order chi connectivity index (χ1) is 7.61. The molecular weight excluding hydrogens is 263 g/mol. The molecule has 16 heavy (non-hydrogen) atoms. The molecule has 0 bridgehead atoms. The fourth-order valence-electron chi connectivity index (χ4n) is 1.41. The van der Waals surface area contributed by atoms with Gasteiger partial charge in [-0.3, -0.25) is 0 Å². The molecule has 0 aliphatic carbocycles. The number of hydrogen-bond acceptors (Lipinski definition) is 3. The van der Waals surface area contributed by atoms with E-state index in [4.69, 9.17) is 34.2 Å². The highest BCUT2D eigenvalue weighted by Gasteiger charge is 2.12. The predicted octanol–water partition coefficient (Wildman–Crippen LogP) is 4.18. The fourth-order valence-corrected chi connectivity index (χ4v) is 2.90. The molecule has 1 aromatic carbocycles. The number of rotatable bonds is 1. The standard InChI is InChI=1S/C11H6Cl2N2S/c12-10-4-9(11(13)16-10)8-2-1-7(15)3-6(8)5-14/h1-4H,15H2. The van der Waals surface area contributed by atoms with Crippen LogP contribution in [0.3, 0.4) is 0 Å². The zero-order valence-electron chi connectivity index (χ0n) is 8.00. The van der Waals surface area contributed by atoms with Crippen LogP contribution in [-0.4, -0.2) is 0 Å². The molecule has 0 spiro atoms. The van der Waals surface area contributed by atoms with Crippen LogP contribution in [-0.2, 0) is 0 Å². The molecule has 0 fully saturated rings. The third-order valence-electron chi connectivity index (χ3n) is 2.11. The van der Waals surface area contributed by atoms with Gasteiger partial charge in [0.15, 0.2) is 0 Å². The van der Waals surface area contributed by atoms with Crippen LogP contribution in [0, 0.1) is 11.3 Å². The van der Waals surface area contributed by atoms with Gasteiger partial charge in [-0.1, -0.05) is 29.3 Å². The monoisotopic (exact) mass is 268 g/mol. The quantitative estimate of drug-likeness (QED) is 0.789. The minimum Gasteiger partial charge on any atom is -0.399 e. The third kappa shape index (κ3) is 2.00. The molecule has 0 aliphatic rings. The lowest BCUT2D eigenvalue weighted by atomic mass is 10.0. The number of nitrogens with zero attached hydrogens (tertiary/aromatic N) is 1. The molecule has 0 unspecified atom stereocenters. The molecule has 1 aromatic heterocycles. The van der Waals surface area contributed by atoms with E-state index in [1.165, 1.54) is 11.3 Å². The van der Waals surface area contributed by atoms with Crippen molar-refractivity contribution in [3.63, 3.8) is 0 Å². The van der Waals surface area contributed by atoms with E-state index in [1.807, 2.05) is 0 Å². The Morgan fingerprint density at radius 1 is 1.19 bits per heavy atom. The number of hydrogen-bond donors (Lipinski definition) is 1. The van der Waals surface area contributed by atoms with E-state index >= 15 is 0 Å². The van der Waals surface area contributed by atoms with Crippen LogP contribution in [0.25, 0.3) is 11.1 Å². The normalized spacial score (nSPS) is 10.1. The largest absolute Gasteiger partial charge is 0.399 e. The van der Waals surface area contributed by atoms with Crippen molar-refractivity contribution in [1.82, 2.24) is 0 Å². The van der Waals surface area contributed by atoms with Crippen molar-refractivity contribution in [2.75, 3.05) is 5.73 Å². The fraction of sp³-hybridized carbons (Fsp3) is 0. The highest BCUT2D eigenvalue weighted by atomic mass is 35.5. The van der Waals surface area contributed by atoms with Gasteiger partial charge in [0.25, 0.3) is 0 Å². The van der Waals surface area contributed by atoms with E-state index in [1.54, 1.807) is 24.3 Å². The van der Waals surface area contributed by atoms with Crippen molar-refractivity contribution in [2.24, 2.45) is 0 Å². The molecule has 80 valence electrons. The summed E-state index contributed by atoms with van der Waals surface area (Å²) in [6.45, 7) is 0. The molecule has 2 aromatic rings. The van der Waals surface area contributed by atoms with Gasteiger partial charge < -0.3 is 5.73 Å². The smallest absolute Gasteiger partial charge is 0.102 e. The van der Waals surface area contributed by atoms with Crippen molar-refractivity contribution < 1.29 is 0 Å². The average molecular weight is 269 g/mol. The maximum absolute atomic E-state index is 9.02. The van der Waals surface area contributed by atoms with Crippen LogP contribution in [0.4, 0.5) is 5.69 Å². The molecule has 1 heterocycles. The number of halogens is 2. The Balaban J connectivity index is 2.65. The van der Waals surface area contributed by atoms with E-state index < -0.39 is 0 Å². The first kappa shape index (κ1) is 11.3. The van der Waals surface area contributed by atoms with Crippen molar-refractivity contribution in [2.45, 2.75) is 0 Å². The molecule has 0 aliphatic heterocycles. The van der Waals surface area contributed by atoms with Gasteiger partial charge in [-0.05, 0) is 18.2 Å². The second-order valence-electron chi connectivity index (χ2n) is 3.15. The van der Waals surface area contributed by atoms with Gasteiger partial charge in [0, 0.05) is 16.8 Å². The summed E-state index contributed by atoms with van der Waals surface area (Å²) in [5, 5.41) is 9.02. The number of benzene rings is 1. The second-order valence-corrected chi connectivity index (χ2v) is 5.44. The summed E-state index contributed by atoms with van der Waals surface area (Å²) < 4.78 is 1.17. The molecule has 0 saturated heterocycles. The topological polar surface area (TPSA) is 49.8 Å². The molecule has 2 N–H and O–H groups in total. The maximum Gasteiger partial charge on any atom is 0.102 e. The summed E-state index contributed by atoms with van der Waals surface area (Å²) in [5.41, 5.74) is 8.19. The van der Waals surface area contributed by atoms with Crippen molar-refractivity contribution in [3.05, 3.63) is 38.5 Å². The predicted molar refractivity (Wildman–Crippen MR) is 68.9 cm³/mol. The summed E-state index contributed by atoms with van der Waals surface area (Å²) >= 11 is 13.2. The lowest BCUT2D eigenvalue weighted by Gasteiger charge is -2.03. The summed E-state index contributed by atoms with van der Waals surface area (Å²) in [7, 11) is 0. The zero-order valence-corrected chi connectivity index (χ0v) is 10.3. The number of nitrogen functional groups attached to an aromatic ring is 1. The third-order valence-corrected chi connectivity index (χ3v) is 3.60. The van der Waals surface area contributed by atoms with Crippen molar-refractivity contribution >= 4 is 40.2 Å². The van der Waals surface area contributed by atoms with Crippen LogP contribution < -0.4 is 5.73 Å². The maximum atomic E-state index is 9.02. The minimum atomic E-state index is 0.497. The Kier molecular flexibility index (Phi) is 3.06. The first-order valence-electron chi connectivity index (χ1n) is 4.36. The van der Waals surface area contributed by atoms with E-state index in [-0.39, 0.29) is 0 Å². The second kappa shape index (κ2) is 4.34. The van der Waals surface area contributed by atoms with E-state index in [0.29, 0.717) is 19.9 Å². The molecule has 2 rings (SSSR count).